The molecule has 0 spiro atoms. The van der Waals surface area contributed by atoms with E-state index < -0.39 is 0 Å². The second kappa shape index (κ2) is 4.54. The first-order valence-corrected chi connectivity index (χ1v) is 5.91. The Balaban J connectivity index is 3.23. The van der Waals surface area contributed by atoms with Crippen LogP contribution in [0.3, 0.4) is 0 Å². The van der Waals surface area contributed by atoms with E-state index in [0.717, 1.165) is 21.7 Å². The van der Waals surface area contributed by atoms with Crippen molar-refractivity contribution in [1.29, 1.82) is 0 Å². The van der Waals surface area contributed by atoms with Gasteiger partial charge in [0.25, 0.3) is 0 Å². The third-order valence-electron chi connectivity index (χ3n) is 2.22. The van der Waals surface area contributed by atoms with Crippen LogP contribution in [0.1, 0.15) is 19.4 Å². The molecule has 0 saturated heterocycles. The highest BCUT2D eigenvalue weighted by Gasteiger charge is 2.23. The van der Waals surface area contributed by atoms with Crippen molar-refractivity contribution in [2.75, 3.05) is 12.4 Å². The van der Waals surface area contributed by atoms with Crippen LogP contribution in [-0.2, 0) is 5.41 Å². The van der Waals surface area contributed by atoms with Crippen LogP contribution in [-0.4, -0.2) is 12.4 Å². The van der Waals surface area contributed by atoms with Gasteiger partial charge in [-0.05, 0) is 18.2 Å². The lowest BCUT2D eigenvalue weighted by molar-refractivity contribution is 0.399. The lowest BCUT2D eigenvalue weighted by Gasteiger charge is -2.24. The zero-order valence-corrected chi connectivity index (χ0v) is 10.9. The summed E-state index contributed by atoms with van der Waals surface area (Å²) in [6.07, 6.45) is 0. The minimum Gasteiger partial charge on any atom is -0.496 e. The highest BCUT2D eigenvalue weighted by Crippen LogP contribution is 2.34. The van der Waals surface area contributed by atoms with Crippen molar-refractivity contribution in [3.8, 4) is 5.75 Å². The van der Waals surface area contributed by atoms with Crippen molar-refractivity contribution < 1.29 is 4.74 Å². The molecule has 78 valence electrons. The number of benzene rings is 1. The number of rotatable bonds is 3. The largest absolute Gasteiger partial charge is 0.496 e. The Labute approximate surface area is 98.5 Å². The molecular formula is C11H14BrClO. The van der Waals surface area contributed by atoms with Gasteiger partial charge in [0.15, 0.2) is 0 Å². The van der Waals surface area contributed by atoms with Crippen molar-refractivity contribution in [3.63, 3.8) is 0 Å². The summed E-state index contributed by atoms with van der Waals surface area (Å²) in [5.41, 5.74) is 1.15. The highest BCUT2D eigenvalue weighted by atomic mass is 79.9. The van der Waals surface area contributed by atoms with E-state index in [4.69, 9.17) is 16.3 Å². The molecule has 0 amide bonds. The molecule has 14 heavy (non-hydrogen) atoms. The van der Waals surface area contributed by atoms with E-state index in [-0.39, 0.29) is 5.41 Å². The molecule has 1 aromatic carbocycles. The Bertz CT molecular complexity index is 323. The molecule has 3 heteroatoms. The van der Waals surface area contributed by atoms with E-state index in [9.17, 15) is 0 Å². The molecule has 0 aliphatic carbocycles. The summed E-state index contributed by atoms with van der Waals surface area (Å²) in [5.74, 6) is 0.888. The van der Waals surface area contributed by atoms with Gasteiger partial charge in [0.2, 0.25) is 0 Å². The average Bonchev–Trinajstić information content (AvgIpc) is 2.18. The summed E-state index contributed by atoms with van der Waals surface area (Å²) >= 11 is 9.46. The molecule has 0 bridgehead atoms. The summed E-state index contributed by atoms with van der Waals surface area (Å²) in [5, 5.41) is 1.62. The van der Waals surface area contributed by atoms with Crippen LogP contribution in [0.2, 0.25) is 5.02 Å². The maximum absolute atomic E-state index is 5.97. The van der Waals surface area contributed by atoms with Crippen LogP contribution >= 0.6 is 27.5 Å². The fourth-order valence-electron chi connectivity index (χ4n) is 1.28. The molecule has 1 nitrogen and oxygen atoms in total. The van der Waals surface area contributed by atoms with Gasteiger partial charge in [0, 0.05) is 21.3 Å². The van der Waals surface area contributed by atoms with Crippen molar-refractivity contribution in [2.45, 2.75) is 19.3 Å². The van der Waals surface area contributed by atoms with Gasteiger partial charge in [-0.3, -0.25) is 0 Å². The number of alkyl halides is 1. The molecule has 0 aliphatic heterocycles. The van der Waals surface area contributed by atoms with Gasteiger partial charge >= 0.3 is 0 Å². The Morgan fingerprint density at radius 3 is 2.57 bits per heavy atom. The predicted molar refractivity (Wildman–Crippen MR) is 64.8 cm³/mol. The van der Waals surface area contributed by atoms with E-state index in [1.165, 1.54) is 0 Å². The van der Waals surface area contributed by atoms with Crippen molar-refractivity contribution in [3.05, 3.63) is 28.8 Å². The maximum atomic E-state index is 5.97. The van der Waals surface area contributed by atoms with Crippen LogP contribution in [0.4, 0.5) is 0 Å². The molecule has 0 heterocycles. The summed E-state index contributed by atoms with van der Waals surface area (Å²) in [7, 11) is 1.68. The van der Waals surface area contributed by atoms with Crippen LogP contribution in [0.5, 0.6) is 5.75 Å². The van der Waals surface area contributed by atoms with Crippen LogP contribution in [0.25, 0.3) is 0 Å². The summed E-state index contributed by atoms with van der Waals surface area (Å²) in [6, 6.07) is 5.71. The molecular weight excluding hydrogens is 263 g/mol. The topological polar surface area (TPSA) is 9.23 Å². The molecule has 1 rings (SSSR count). The molecule has 0 unspecified atom stereocenters. The minimum atomic E-state index is 0.0241. The summed E-state index contributed by atoms with van der Waals surface area (Å²) < 4.78 is 5.31. The molecule has 0 atom stereocenters. The van der Waals surface area contributed by atoms with Crippen LogP contribution in [0.15, 0.2) is 18.2 Å². The molecule has 0 radical (unpaired) electrons. The Kier molecular flexibility index (Phi) is 3.85. The van der Waals surface area contributed by atoms with Gasteiger partial charge < -0.3 is 4.74 Å². The number of methoxy groups -OCH3 is 1. The van der Waals surface area contributed by atoms with Crippen LogP contribution in [0, 0.1) is 0 Å². The van der Waals surface area contributed by atoms with Crippen molar-refractivity contribution in [2.24, 2.45) is 0 Å². The van der Waals surface area contributed by atoms with Gasteiger partial charge in [0.05, 0.1) is 7.11 Å². The Morgan fingerprint density at radius 2 is 2.07 bits per heavy atom. The Hall–Kier alpha value is -0.210. The van der Waals surface area contributed by atoms with Gasteiger partial charge in [-0.15, -0.1) is 0 Å². The van der Waals surface area contributed by atoms with E-state index >= 15 is 0 Å². The number of halogens is 2. The van der Waals surface area contributed by atoms with Crippen LogP contribution < -0.4 is 4.74 Å². The number of hydrogen-bond acceptors (Lipinski definition) is 1. The van der Waals surface area contributed by atoms with Gasteiger partial charge in [-0.1, -0.05) is 41.4 Å². The quantitative estimate of drug-likeness (QED) is 0.758. The molecule has 0 N–H and O–H groups in total. The first kappa shape index (κ1) is 11.9. The van der Waals surface area contributed by atoms with Gasteiger partial charge in [-0.2, -0.15) is 0 Å². The van der Waals surface area contributed by atoms with Gasteiger partial charge in [0.1, 0.15) is 5.75 Å². The predicted octanol–water partition coefficient (Wildman–Crippen LogP) is 4.02. The second-order valence-electron chi connectivity index (χ2n) is 3.86. The molecule has 0 aliphatic rings. The molecule has 0 saturated carbocycles. The number of hydrogen-bond donors (Lipinski definition) is 0. The normalized spacial score (nSPS) is 11.5. The fourth-order valence-corrected chi connectivity index (χ4v) is 1.76. The van der Waals surface area contributed by atoms with Crippen molar-refractivity contribution >= 4 is 27.5 Å². The average molecular weight is 278 g/mol. The summed E-state index contributed by atoms with van der Waals surface area (Å²) in [4.78, 5) is 0. The van der Waals surface area contributed by atoms with Gasteiger partial charge in [-0.25, -0.2) is 0 Å². The van der Waals surface area contributed by atoms with Crippen molar-refractivity contribution in [1.82, 2.24) is 0 Å². The fraction of sp³-hybridized carbons (Fsp3) is 0.455. The van der Waals surface area contributed by atoms with E-state index in [1.54, 1.807) is 7.11 Å². The molecule has 0 fully saturated rings. The van der Waals surface area contributed by atoms with E-state index in [0.29, 0.717) is 0 Å². The lowest BCUT2D eigenvalue weighted by atomic mass is 9.86. The van der Waals surface area contributed by atoms with E-state index in [2.05, 4.69) is 29.8 Å². The third kappa shape index (κ3) is 2.43. The number of ether oxygens (including phenoxy) is 1. The zero-order valence-electron chi connectivity index (χ0n) is 8.60. The molecule has 1 aromatic rings. The summed E-state index contributed by atoms with van der Waals surface area (Å²) in [6.45, 7) is 4.30. The monoisotopic (exact) mass is 276 g/mol. The smallest absolute Gasteiger partial charge is 0.122 e. The lowest BCUT2D eigenvalue weighted by Crippen LogP contribution is -2.19. The third-order valence-corrected chi connectivity index (χ3v) is 3.86. The minimum absolute atomic E-state index is 0.0241. The Morgan fingerprint density at radius 1 is 1.43 bits per heavy atom. The highest BCUT2D eigenvalue weighted by molar-refractivity contribution is 9.09. The standard InChI is InChI=1S/C11H14BrClO/c1-11(2,7-12)9-6-8(13)4-5-10(9)14-3/h4-6H,7H2,1-3H3. The zero-order chi connectivity index (χ0) is 10.8. The SMILES string of the molecule is COc1ccc(Cl)cc1C(C)(C)CBr. The maximum Gasteiger partial charge on any atom is 0.122 e. The molecule has 0 aromatic heterocycles. The second-order valence-corrected chi connectivity index (χ2v) is 4.86. The first-order valence-electron chi connectivity index (χ1n) is 4.41. The van der Waals surface area contributed by atoms with E-state index in [1.807, 2.05) is 18.2 Å². The first-order chi connectivity index (χ1) is 6.51.